The molecule has 8 heteroatoms. The highest BCUT2D eigenvalue weighted by molar-refractivity contribution is 8.00. The second kappa shape index (κ2) is 24.4. The molecule has 0 radical (unpaired) electrons. The minimum atomic E-state index is -0.781. The number of carboxylic acid groups (broad SMARTS) is 1. The van der Waals surface area contributed by atoms with Gasteiger partial charge in [-0.05, 0) is 40.3 Å². The van der Waals surface area contributed by atoms with Gasteiger partial charge in [0.05, 0.1) is 40.1 Å². The van der Waals surface area contributed by atoms with Crippen molar-refractivity contribution in [3.05, 3.63) is 215 Å². The number of hydrogen-bond donors (Lipinski definition) is 1. The number of aliphatic carboxylic acids is 1. The third-order valence-electron chi connectivity index (χ3n) is 8.04. The maximum atomic E-state index is 11.3. The number of carbonyl (C=O) groups is 3. The zero-order valence-corrected chi connectivity index (χ0v) is 33.4. The molecule has 0 atom stereocenters. The van der Waals surface area contributed by atoms with Crippen LogP contribution in [0.15, 0.2) is 182 Å². The second-order valence-corrected chi connectivity index (χ2v) is 15.5. The largest absolute Gasteiger partial charge is 0.481 e. The van der Waals surface area contributed by atoms with Crippen LogP contribution in [0.25, 0.3) is 0 Å². The van der Waals surface area contributed by atoms with Gasteiger partial charge in [-0.2, -0.15) is 0 Å². The zero-order chi connectivity index (χ0) is 39.1. The van der Waals surface area contributed by atoms with Crippen LogP contribution < -0.4 is 0 Å². The lowest BCUT2D eigenvalue weighted by atomic mass is 10.0. The average molecular weight is 787 g/mol. The molecule has 0 saturated heterocycles. The first-order valence-electron chi connectivity index (χ1n) is 17.8. The van der Waals surface area contributed by atoms with E-state index in [9.17, 15) is 14.4 Å². The monoisotopic (exact) mass is 786 g/mol. The molecule has 0 bridgehead atoms. The molecule has 0 aromatic heterocycles. The smallest absolute Gasteiger partial charge is 0.315 e. The molecule has 0 aliphatic heterocycles. The SMILES string of the molecule is CC(=O)CSC(c1ccccc1)c1ccccc1.COC(=O)CSC(c1ccccc1)c1ccccc1.O=C(O)CSC(c1ccccc1)c1ccccc1. The summed E-state index contributed by atoms with van der Waals surface area (Å²) in [6, 6.07) is 61.0. The Labute approximate surface area is 338 Å². The van der Waals surface area contributed by atoms with Gasteiger partial charge in [0.25, 0.3) is 0 Å². The van der Waals surface area contributed by atoms with Crippen LogP contribution in [0.3, 0.4) is 0 Å². The zero-order valence-electron chi connectivity index (χ0n) is 31.0. The molecule has 0 amide bonds. The molecule has 55 heavy (non-hydrogen) atoms. The Morgan fingerprint density at radius 3 is 0.891 bits per heavy atom. The highest BCUT2D eigenvalue weighted by atomic mass is 32.2. The number of carbonyl (C=O) groups excluding carboxylic acids is 2. The minimum Gasteiger partial charge on any atom is -0.481 e. The van der Waals surface area contributed by atoms with Gasteiger partial charge in [-0.25, -0.2) is 0 Å². The van der Waals surface area contributed by atoms with Crippen molar-refractivity contribution in [3.8, 4) is 0 Å². The predicted molar refractivity (Wildman–Crippen MR) is 232 cm³/mol. The van der Waals surface area contributed by atoms with Crippen LogP contribution in [-0.2, 0) is 19.1 Å². The fraction of sp³-hybridized carbons (Fsp3) is 0.170. The number of esters is 1. The van der Waals surface area contributed by atoms with E-state index in [1.807, 2.05) is 133 Å². The molecule has 6 aromatic carbocycles. The van der Waals surface area contributed by atoms with Gasteiger partial charge in [0.1, 0.15) is 5.78 Å². The number of Topliss-reactive ketones (excluding diaryl/α,β-unsaturated/α-hetero) is 1. The Morgan fingerprint density at radius 1 is 0.436 bits per heavy atom. The summed E-state index contributed by atoms with van der Waals surface area (Å²) < 4.78 is 4.71. The fourth-order valence-electron chi connectivity index (χ4n) is 5.49. The number of thioether (sulfide) groups is 3. The van der Waals surface area contributed by atoms with Crippen LogP contribution in [0.1, 0.15) is 56.1 Å². The summed E-state index contributed by atoms with van der Waals surface area (Å²) in [6.45, 7) is 1.64. The van der Waals surface area contributed by atoms with Gasteiger partial charge >= 0.3 is 11.9 Å². The van der Waals surface area contributed by atoms with Crippen molar-refractivity contribution < 1.29 is 24.2 Å². The van der Waals surface area contributed by atoms with E-state index in [0.29, 0.717) is 11.5 Å². The first kappa shape index (κ1) is 42.7. The van der Waals surface area contributed by atoms with E-state index in [1.165, 1.54) is 41.1 Å². The van der Waals surface area contributed by atoms with Crippen LogP contribution in [0, 0.1) is 0 Å². The Bertz CT molecular complexity index is 1750. The molecule has 282 valence electrons. The van der Waals surface area contributed by atoms with Gasteiger partial charge in [0, 0.05) is 0 Å². The molecular weight excluding hydrogens is 741 g/mol. The van der Waals surface area contributed by atoms with Crippen molar-refractivity contribution in [1.29, 1.82) is 0 Å². The number of carboxylic acids is 1. The number of rotatable bonds is 15. The maximum absolute atomic E-state index is 11.3. The van der Waals surface area contributed by atoms with Crippen molar-refractivity contribution in [2.24, 2.45) is 0 Å². The van der Waals surface area contributed by atoms with E-state index >= 15 is 0 Å². The molecular formula is C47H46O5S3. The first-order chi connectivity index (χ1) is 26.9. The molecule has 0 saturated carbocycles. The maximum Gasteiger partial charge on any atom is 0.315 e. The van der Waals surface area contributed by atoms with Gasteiger partial charge in [0.2, 0.25) is 0 Å². The van der Waals surface area contributed by atoms with E-state index < -0.39 is 5.97 Å². The first-order valence-corrected chi connectivity index (χ1v) is 20.9. The van der Waals surface area contributed by atoms with Crippen LogP contribution in [0.5, 0.6) is 0 Å². The quantitative estimate of drug-likeness (QED) is 0.103. The van der Waals surface area contributed by atoms with Crippen molar-refractivity contribution in [2.45, 2.75) is 22.7 Å². The van der Waals surface area contributed by atoms with Crippen LogP contribution in [-0.4, -0.2) is 47.2 Å². The molecule has 1 N–H and O–H groups in total. The normalized spacial score (nSPS) is 10.5. The van der Waals surface area contributed by atoms with E-state index in [1.54, 1.807) is 30.4 Å². The lowest BCUT2D eigenvalue weighted by molar-refractivity contribution is -0.137. The number of benzene rings is 6. The van der Waals surface area contributed by atoms with Gasteiger partial charge in [0.15, 0.2) is 0 Å². The van der Waals surface area contributed by atoms with E-state index in [0.717, 1.165) is 11.1 Å². The molecule has 0 fully saturated rings. The van der Waals surface area contributed by atoms with E-state index in [2.05, 4.69) is 48.5 Å². The Hall–Kier alpha value is -5.02. The standard InChI is InChI=1S/C16H16O2S.C16H16OS.C15H14O2S/c1-18-15(17)12-19-16(13-8-4-2-5-9-13)14-10-6-3-7-11-14;1-13(17)12-18-16(14-8-4-2-5-9-14)15-10-6-3-7-11-15;16-14(17)11-18-15(12-7-3-1-4-8-12)13-9-5-2-6-10-13/h2-11,16H,12H2,1H3;2-11,16H,12H2,1H3;1-10,15H,11H2,(H,16,17). The van der Waals surface area contributed by atoms with Gasteiger partial charge in [-0.15, -0.1) is 35.3 Å². The number of ether oxygens (including phenoxy) is 1. The molecule has 0 aliphatic carbocycles. The number of ketones is 1. The van der Waals surface area contributed by atoms with Gasteiger partial charge in [-0.3, -0.25) is 14.4 Å². The predicted octanol–water partition coefficient (Wildman–Crippen LogP) is 11.4. The minimum absolute atomic E-state index is 0.0727. The topological polar surface area (TPSA) is 80.7 Å². The highest BCUT2D eigenvalue weighted by Gasteiger charge is 2.18. The summed E-state index contributed by atoms with van der Waals surface area (Å²) in [5, 5.41) is 9.29. The number of methoxy groups -OCH3 is 1. The third kappa shape index (κ3) is 15.3. The summed E-state index contributed by atoms with van der Waals surface area (Å²) in [7, 11) is 1.42. The van der Waals surface area contributed by atoms with Gasteiger partial charge in [-0.1, -0.05) is 182 Å². The average Bonchev–Trinajstić information content (AvgIpc) is 3.23. The Balaban J connectivity index is 0.000000184. The highest BCUT2D eigenvalue weighted by Crippen LogP contribution is 2.37. The number of hydrogen-bond acceptors (Lipinski definition) is 7. The molecule has 6 aromatic rings. The van der Waals surface area contributed by atoms with Crippen molar-refractivity contribution in [2.75, 3.05) is 24.4 Å². The molecule has 0 unspecified atom stereocenters. The summed E-state index contributed by atoms with van der Waals surface area (Å²) in [4.78, 5) is 33.3. The van der Waals surface area contributed by atoms with Crippen LogP contribution >= 0.6 is 35.3 Å². The molecule has 6 rings (SSSR count). The Kier molecular flexibility index (Phi) is 19.0. The van der Waals surface area contributed by atoms with Crippen LogP contribution in [0.2, 0.25) is 0 Å². The Morgan fingerprint density at radius 2 is 0.673 bits per heavy atom. The van der Waals surface area contributed by atoms with Crippen molar-refractivity contribution in [3.63, 3.8) is 0 Å². The lowest BCUT2D eigenvalue weighted by Crippen LogP contribution is -2.06. The van der Waals surface area contributed by atoms with E-state index in [4.69, 9.17) is 9.84 Å². The summed E-state index contributed by atoms with van der Waals surface area (Å²) >= 11 is 4.71. The van der Waals surface area contributed by atoms with E-state index in [-0.39, 0.29) is 33.3 Å². The molecule has 0 heterocycles. The molecule has 5 nitrogen and oxygen atoms in total. The van der Waals surface area contributed by atoms with Crippen molar-refractivity contribution >= 4 is 53.0 Å². The summed E-state index contributed by atoms with van der Waals surface area (Å²) in [5.41, 5.74) is 7.15. The van der Waals surface area contributed by atoms with Crippen molar-refractivity contribution in [1.82, 2.24) is 0 Å². The van der Waals surface area contributed by atoms with Crippen LogP contribution in [0.4, 0.5) is 0 Å². The molecule has 0 spiro atoms. The van der Waals surface area contributed by atoms with Gasteiger partial charge < -0.3 is 9.84 Å². The summed E-state index contributed by atoms with van der Waals surface area (Å²) in [5.74, 6) is 0.254. The fourth-order valence-corrected chi connectivity index (χ4v) is 8.72. The third-order valence-corrected chi connectivity index (χ3v) is 12.1. The second-order valence-electron chi connectivity index (χ2n) is 12.2. The summed E-state index contributed by atoms with van der Waals surface area (Å²) in [6.07, 6.45) is 0. The lowest BCUT2D eigenvalue weighted by Gasteiger charge is -2.17. The molecule has 0 aliphatic rings.